The molecule has 0 aliphatic carbocycles. The average Bonchev–Trinajstić information content (AvgIpc) is 3.36. The van der Waals surface area contributed by atoms with Gasteiger partial charge in [0, 0.05) is 56.7 Å². The summed E-state index contributed by atoms with van der Waals surface area (Å²) in [5.41, 5.74) is 4.37. The van der Waals surface area contributed by atoms with Gasteiger partial charge in [-0.25, -0.2) is 9.07 Å². The largest absolute Gasteiger partial charge is 0.368 e. The standard InChI is InChI=1S/C26H28FN5O/c27-23-6-8-25(9-7-23)32-19-22(18-28-32)21-10-12-29(13-11-21)20-26(33)31-16-14-30(15-17-31)24-4-2-1-3-5-24/h1-10,18-19H,11-17,20H2. The van der Waals surface area contributed by atoms with Gasteiger partial charge in [-0.05, 0) is 48.4 Å². The summed E-state index contributed by atoms with van der Waals surface area (Å²) in [6.07, 6.45) is 6.90. The minimum Gasteiger partial charge on any atom is -0.368 e. The van der Waals surface area contributed by atoms with Gasteiger partial charge in [-0.1, -0.05) is 24.3 Å². The summed E-state index contributed by atoms with van der Waals surface area (Å²) in [7, 11) is 0. The zero-order valence-corrected chi connectivity index (χ0v) is 18.6. The van der Waals surface area contributed by atoms with Crippen molar-refractivity contribution in [2.24, 2.45) is 0 Å². The molecule has 2 aliphatic heterocycles. The van der Waals surface area contributed by atoms with Crippen LogP contribution in [-0.4, -0.2) is 71.3 Å². The first-order valence-electron chi connectivity index (χ1n) is 11.5. The van der Waals surface area contributed by atoms with E-state index in [1.807, 2.05) is 23.4 Å². The summed E-state index contributed by atoms with van der Waals surface area (Å²) >= 11 is 0. The van der Waals surface area contributed by atoms with Gasteiger partial charge in [-0.3, -0.25) is 9.69 Å². The maximum Gasteiger partial charge on any atom is 0.236 e. The summed E-state index contributed by atoms with van der Waals surface area (Å²) in [5.74, 6) is -0.0440. The number of halogens is 1. The smallest absolute Gasteiger partial charge is 0.236 e. The van der Waals surface area contributed by atoms with Crippen molar-refractivity contribution in [2.45, 2.75) is 6.42 Å². The molecule has 7 heteroatoms. The summed E-state index contributed by atoms with van der Waals surface area (Å²) in [6.45, 7) is 5.35. The predicted octanol–water partition coefficient (Wildman–Crippen LogP) is 3.45. The van der Waals surface area contributed by atoms with E-state index in [1.54, 1.807) is 16.8 Å². The number of carbonyl (C=O) groups excluding carboxylic acids is 1. The molecule has 0 unspecified atom stereocenters. The number of piperazine rings is 1. The second-order valence-electron chi connectivity index (χ2n) is 8.57. The molecule has 33 heavy (non-hydrogen) atoms. The lowest BCUT2D eigenvalue weighted by Gasteiger charge is -2.37. The third-order valence-electron chi connectivity index (χ3n) is 6.45. The number of carbonyl (C=O) groups is 1. The van der Waals surface area contributed by atoms with E-state index >= 15 is 0 Å². The van der Waals surface area contributed by atoms with Gasteiger partial charge >= 0.3 is 0 Å². The molecule has 0 bridgehead atoms. The molecular formula is C26H28FN5O. The van der Waals surface area contributed by atoms with E-state index < -0.39 is 0 Å². The number of benzene rings is 2. The Morgan fingerprint density at radius 3 is 2.36 bits per heavy atom. The number of nitrogens with zero attached hydrogens (tertiary/aromatic N) is 5. The van der Waals surface area contributed by atoms with E-state index in [4.69, 9.17) is 0 Å². The van der Waals surface area contributed by atoms with Crippen LogP contribution in [0.25, 0.3) is 11.3 Å². The average molecular weight is 446 g/mol. The quantitative estimate of drug-likeness (QED) is 0.604. The van der Waals surface area contributed by atoms with E-state index in [-0.39, 0.29) is 11.7 Å². The monoisotopic (exact) mass is 445 g/mol. The highest BCUT2D eigenvalue weighted by molar-refractivity contribution is 5.79. The van der Waals surface area contributed by atoms with E-state index in [9.17, 15) is 9.18 Å². The van der Waals surface area contributed by atoms with Crippen LogP contribution in [-0.2, 0) is 4.79 Å². The molecule has 2 aliphatic rings. The van der Waals surface area contributed by atoms with Crippen molar-refractivity contribution in [3.8, 4) is 5.69 Å². The fraction of sp³-hybridized carbons (Fsp3) is 0.308. The van der Waals surface area contributed by atoms with Gasteiger partial charge in [-0.15, -0.1) is 0 Å². The zero-order chi connectivity index (χ0) is 22.6. The molecule has 1 aromatic heterocycles. The highest BCUT2D eigenvalue weighted by atomic mass is 19.1. The summed E-state index contributed by atoms with van der Waals surface area (Å²) in [6, 6.07) is 16.7. The van der Waals surface area contributed by atoms with Crippen LogP contribution in [0.2, 0.25) is 0 Å². The van der Waals surface area contributed by atoms with Crippen molar-refractivity contribution in [1.82, 2.24) is 19.6 Å². The number of hydrogen-bond donors (Lipinski definition) is 0. The van der Waals surface area contributed by atoms with Crippen LogP contribution in [0.1, 0.15) is 12.0 Å². The molecule has 2 aromatic carbocycles. The van der Waals surface area contributed by atoms with Crippen LogP contribution in [0, 0.1) is 5.82 Å². The van der Waals surface area contributed by atoms with Crippen molar-refractivity contribution < 1.29 is 9.18 Å². The SMILES string of the molecule is O=C(CN1CC=C(c2cnn(-c3ccc(F)cc3)c2)CC1)N1CCN(c2ccccc2)CC1. The molecule has 0 spiro atoms. The molecule has 0 radical (unpaired) electrons. The van der Waals surface area contributed by atoms with Crippen molar-refractivity contribution in [3.63, 3.8) is 0 Å². The van der Waals surface area contributed by atoms with E-state index in [0.29, 0.717) is 6.54 Å². The summed E-state index contributed by atoms with van der Waals surface area (Å²) < 4.78 is 14.9. The Hall–Kier alpha value is -3.45. The van der Waals surface area contributed by atoms with Gasteiger partial charge in [0.15, 0.2) is 0 Å². The molecule has 0 saturated carbocycles. The normalized spacial score (nSPS) is 17.2. The molecule has 6 nitrogen and oxygen atoms in total. The van der Waals surface area contributed by atoms with Gasteiger partial charge in [0.1, 0.15) is 5.82 Å². The minimum absolute atomic E-state index is 0.212. The Balaban J connectivity index is 1.13. The van der Waals surface area contributed by atoms with Crippen LogP contribution < -0.4 is 4.90 Å². The molecule has 0 atom stereocenters. The molecule has 3 heterocycles. The molecule has 1 fully saturated rings. The third-order valence-corrected chi connectivity index (χ3v) is 6.45. The Bertz CT molecular complexity index is 1120. The van der Waals surface area contributed by atoms with Crippen molar-refractivity contribution >= 4 is 17.2 Å². The second-order valence-corrected chi connectivity index (χ2v) is 8.57. The van der Waals surface area contributed by atoms with Crippen molar-refractivity contribution in [1.29, 1.82) is 0 Å². The summed E-state index contributed by atoms with van der Waals surface area (Å²) in [5, 5.41) is 4.42. The molecule has 0 N–H and O–H groups in total. The van der Waals surface area contributed by atoms with E-state index in [2.05, 4.69) is 45.2 Å². The lowest BCUT2D eigenvalue weighted by Crippen LogP contribution is -2.51. The van der Waals surface area contributed by atoms with Crippen molar-refractivity contribution in [2.75, 3.05) is 50.7 Å². The van der Waals surface area contributed by atoms with E-state index in [1.165, 1.54) is 23.4 Å². The zero-order valence-electron chi connectivity index (χ0n) is 18.6. The molecule has 1 saturated heterocycles. The fourth-order valence-electron chi connectivity index (χ4n) is 4.48. The van der Waals surface area contributed by atoms with Crippen LogP contribution in [0.4, 0.5) is 10.1 Å². The Morgan fingerprint density at radius 1 is 0.909 bits per heavy atom. The van der Waals surface area contributed by atoms with Gasteiger partial charge in [0.2, 0.25) is 5.91 Å². The molecular weight excluding hydrogens is 417 g/mol. The lowest BCUT2D eigenvalue weighted by atomic mass is 10.0. The number of para-hydroxylation sites is 1. The number of aromatic nitrogens is 2. The van der Waals surface area contributed by atoms with Gasteiger partial charge < -0.3 is 9.80 Å². The number of rotatable bonds is 5. The number of anilines is 1. The Labute approximate surface area is 193 Å². The van der Waals surface area contributed by atoms with Crippen molar-refractivity contribution in [3.05, 3.63) is 84.4 Å². The van der Waals surface area contributed by atoms with Gasteiger partial charge in [0.05, 0.1) is 18.4 Å². The highest BCUT2D eigenvalue weighted by Gasteiger charge is 2.24. The first-order valence-corrected chi connectivity index (χ1v) is 11.5. The fourth-order valence-corrected chi connectivity index (χ4v) is 4.48. The topological polar surface area (TPSA) is 44.6 Å². The number of hydrogen-bond acceptors (Lipinski definition) is 4. The van der Waals surface area contributed by atoms with Crippen LogP contribution in [0.5, 0.6) is 0 Å². The Kier molecular flexibility index (Phi) is 6.21. The van der Waals surface area contributed by atoms with Crippen LogP contribution in [0.3, 0.4) is 0 Å². The van der Waals surface area contributed by atoms with Gasteiger partial charge in [0.25, 0.3) is 0 Å². The second kappa shape index (κ2) is 9.58. The molecule has 1 amide bonds. The number of amides is 1. The van der Waals surface area contributed by atoms with Crippen LogP contribution >= 0.6 is 0 Å². The highest BCUT2D eigenvalue weighted by Crippen LogP contribution is 2.23. The maximum atomic E-state index is 13.2. The van der Waals surface area contributed by atoms with E-state index in [0.717, 1.165) is 56.9 Å². The third kappa shape index (κ3) is 4.98. The lowest BCUT2D eigenvalue weighted by molar-refractivity contribution is -0.132. The molecule has 5 rings (SSSR count). The Morgan fingerprint density at radius 2 is 1.67 bits per heavy atom. The van der Waals surface area contributed by atoms with Crippen LogP contribution in [0.15, 0.2) is 73.1 Å². The molecule has 3 aromatic rings. The first kappa shape index (κ1) is 21.4. The first-order chi connectivity index (χ1) is 16.2. The van der Waals surface area contributed by atoms with Gasteiger partial charge in [-0.2, -0.15) is 5.10 Å². The maximum absolute atomic E-state index is 13.2. The predicted molar refractivity (Wildman–Crippen MR) is 128 cm³/mol. The minimum atomic E-state index is -0.256. The molecule has 170 valence electrons. The summed E-state index contributed by atoms with van der Waals surface area (Å²) in [4.78, 5) is 19.4.